The van der Waals surface area contributed by atoms with Crippen molar-refractivity contribution in [1.29, 1.82) is 0 Å². The monoisotopic (exact) mass is 263 g/mol. The van der Waals surface area contributed by atoms with E-state index in [1.165, 1.54) is 0 Å². The SMILES string of the molecule is CCCNC(=O)C(C)Nc1ccc(N)c2nonc12. The summed E-state index contributed by atoms with van der Waals surface area (Å²) in [4.78, 5) is 11.8. The van der Waals surface area contributed by atoms with Gasteiger partial charge in [-0.2, -0.15) is 0 Å². The summed E-state index contributed by atoms with van der Waals surface area (Å²) in [5, 5.41) is 13.4. The molecule has 19 heavy (non-hydrogen) atoms. The van der Waals surface area contributed by atoms with Gasteiger partial charge in [-0.3, -0.25) is 4.79 Å². The van der Waals surface area contributed by atoms with Crippen LogP contribution in [0.2, 0.25) is 0 Å². The van der Waals surface area contributed by atoms with Gasteiger partial charge >= 0.3 is 0 Å². The Hall–Kier alpha value is -2.31. The van der Waals surface area contributed by atoms with Crippen LogP contribution in [-0.2, 0) is 4.79 Å². The van der Waals surface area contributed by atoms with E-state index >= 15 is 0 Å². The van der Waals surface area contributed by atoms with Crippen LogP contribution in [0.1, 0.15) is 20.3 Å². The molecule has 0 fully saturated rings. The fourth-order valence-corrected chi connectivity index (χ4v) is 1.70. The zero-order valence-corrected chi connectivity index (χ0v) is 10.9. The summed E-state index contributed by atoms with van der Waals surface area (Å²) in [6.45, 7) is 4.44. The van der Waals surface area contributed by atoms with E-state index in [9.17, 15) is 4.79 Å². The van der Waals surface area contributed by atoms with Gasteiger partial charge in [0.1, 0.15) is 6.04 Å². The first-order valence-corrected chi connectivity index (χ1v) is 6.18. The van der Waals surface area contributed by atoms with Crippen molar-refractivity contribution < 1.29 is 9.42 Å². The lowest BCUT2D eigenvalue weighted by atomic mass is 10.2. The van der Waals surface area contributed by atoms with Crippen LogP contribution in [0.3, 0.4) is 0 Å². The Balaban J connectivity index is 2.15. The number of carbonyl (C=O) groups is 1. The van der Waals surface area contributed by atoms with Crippen LogP contribution in [0, 0.1) is 0 Å². The smallest absolute Gasteiger partial charge is 0.242 e. The molecule has 102 valence electrons. The second-order valence-corrected chi connectivity index (χ2v) is 4.32. The minimum atomic E-state index is -0.380. The molecule has 2 aromatic rings. The molecule has 0 aliphatic carbocycles. The number of hydrogen-bond acceptors (Lipinski definition) is 6. The normalized spacial score (nSPS) is 12.3. The number of nitrogens with zero attached hydrogens (tertiary/aromatic N) is 2. The third kappa shape index (κ3) is 2.75. The number of aromatic nitrogens is 2. The van der Waals surface area contributed by atoms with Crippen molar-refractivity contribution in [2.45, 2.75) is 26.3 Å². The number of rotatable bonds is 5. The molecule has 0 aliphatic heterocycles. The number of hydrogen-bond donors (Lipinski definition) is 3. The van der Waals surface area contributed by atoms with Crippen LogP contribution in [0.5, 0.6) is 0 Å². The number of anilines is 2. The summed E-state index contributed by atoms with van der Waals surface area (Å²) in [6, 6.07) is 3.08. The third-order valence-corrected chi connectivity index (χ3v) is 2.76. The number of carbonyl (C=O) groups excluding carboxylic acids is 1. The van der Waals surface area contributed by atoms with Crippen molar-refractivity contribution in [3.63, 3.8) is 0 Å². The topological polar surface area (TPSA) is 106 Å². The van der Waals surface area contributed by atoms with Gasteiger partial charge in [0, 0.05) is 6.54 Å². The van der Waals surface area contributed by atoms with E-state index in [0.717, 1.165) is 6.42 Å². The van der Waals surface area contributed by atoms with E-state index < -0.39 is 0 Å². The average Bonchev–Trinajstić information content (AvgIpc) is 2.89. The fraction of sp³-hybridized carbons (Fsp3) is 0.417. The molecule has 7 nitrogen and oxygen atoms in total. The van der Waals surface area contributed by atoms with E-state index in [1.807, 2.05) is 6.92 Å². The largest absolute Gasteiger partial charge is 0.397 e. The molecule has 0 radical (unpaired) electrons. The quantitative estimate of drug-likeness (QED) is 0.698. The van der Waals surface area contributed by atoms with Gasteiger partial charge in [-0.1, -0.05) is 6.92 Å². The first-order chi connectivity index (χ1) is 9.13. The summed E-state index contributed by atoms with van der Waals surface area (Å²) in [7, 11) is 0. The maximum atomic E-state index is 11.8. The number of fused-ring (bicyclic) bond motifs is 1. The second-order valence-electron chi connectivity index (χ2n) is 4.32. The van der Waals surface area contributed by atoms with Crippen molar-refractivity contribution in [1.82, 2.24) is 15.6 Å². The average molecular weight is 263 g/mol. The van der Waals surface area contributed by atoms with Gasteiger partial charge in [-0.15, -0.1) is 0 Å². The van der Waals surface area contributed by atoms with Gasteiger partial charge in [0.2, 0.25) is 5.91 Å². The molecule has 0 aliphatic rings. The highest BCUT2D eigenvalue weighted by atomic mass is 16.6. The van der Waals surface area contributed by atoms with Crippen molar-refractivity contribution >= 4 is 28.3 Å². The number of amides is 1. The van der Waals surface area contributed by atoms with Gasteiger partial charge in [0.05, 0.1) is 11.4 Å². The molecule has 0 spiro atoms. The molecular weight excluding hydrogens is 246 g/mol. The maximum Gasteiger partial charge on any atom is 0.242 e. The van der Waals surface area contributed by atoms with Crippen LogP contribution in [-0.4, -0.2) is 28.8 Å². The molecule has 1 aromatic carbocycles. The highest BCUT2D eigenvalue weighted by Gasteiger charge is 2.16. The first-order valence-electron chi connectivity index (χ1n) is 6.18. The van der Waals surface area contributed by atoms with E-state index in [2.05, 4.69) is 25.6 Å². The molecule has 4 N–H and O–H groups in total. The number of nitrogen functional groups attached to an aromatic ring is 1. The van der Waals surface area contributed by atoms with Crippen molar-refractivity contribution in [2.24, 2.45) is 0 Å². The molecule has 1 atom stereocenters. The lowest BCUT2D eigenvalue weighted by Gasteiger charge is -2.15. The second kappa shape index (κ2) is 5.55. The van der Waals surface area contributed by atoms with Crippen LogP contribution in [0.25, 0.3) is 11.0 Å². The van der Waals surface area contributed by atoms with Gasteiger partial charge in [-0.05, 0) is 35.8 Å². The lowest BCUT2D eigenvalue weighted by molar-refractivity contribution is -0.121. The Labute approximate surface area is 110 Å². The van der Waals surface area contributed by atoms with Gasteiger partial charge in [0.15, 0.2) is 11.0 Å². The highest BCUT2D eigenvalue weighted by Crippen LogP contribution is 2.25. The number of nitrogens with one attached hydrogen (secondary N) is 2. The molecule has 2 rings (SSSR count). The summed E-state index contributed by atoms with van der Waals surface area (Å²) >= 11 is 0. The molecular formula is C12H17N5O2. The summed E-state index contributed by atoms with van der Waals surface area (Å²) < 4.78 is 4.67. The van der Waals surface area contributed by atoms with Crippen LogP contribution in [0.4, 0.5) is 11.4 Å². The first kappa shape index (κ1) is 13.1. The van der Waals surface area contributed by atoms with Gasteiger partial charge in [0.25, 0.3) is 0 Å². The van der Waals surface area contributed by atoms with E-state index in [0.29, 0.717) is 29.0 Å². The molecule has 0 saturated carbocycles. The Kier molecular flexibility index (Phi) is 3.84. The number of nitrogens with two attached hydrogens (primary N) is 1. The highest BCUT2D eigenvalue weighted by molar-refractivity contribution is 5.96. The van der Waals surface area contributed by atoms with Crippen LogP contribution in [0.15, 0.2) is 16.8 Å². The van der Waals surface area contributed by atoms with E-state index in [1.54, 1.807) is 19.1 Å². The summed E-state index contributed by atoms with van der Waals surface area (Å²) in [6.07, 6.45) is 0.901. The predicted molar refractivity (Wildman–Crippen MR) is 72.6 cm³/mol. The minimum Gasteiger partial charge on any atom is -0.397 e. The van der Waals surface area contributed by atoms with Gasteiger partial charge < -0.3 is 16.4 Å². The number of benzene rings is 1. The van der Waals surface area contributed by atoms with Crippen molar-refractivity contribution in [3.05, 3.63) is 12.1 Å². The zero-order valence-electron chi connectivity index (χ0n) is 10.9. The molecule has 0 saturated heterocycles. The molecule has 1 unspecified atom stereocenters. The molecule has 1 amide bonds. The van der Waals surface area contributed by atoms with Gasteiger partial charge in [-0.25, -0.2) is 4.63 Å². The summed E-state index contributed by atoms with van der Waals surface area (Å²) in [5.41, 5.74) is 7.93. The molecule has 7 heteroatoms. The van der Waals surface area contributed by atoms with E-state index in [-0.39, 0.29) is 11.9 Å². The van der Waals surface area contributed by atoms with Crippen LogP contribution >= 0.6 is 0 Å². The fourth-order valence-electron chi connectivity index (χ4n) is 1.70. The Morgan fingerprint density at radius 2 is 2.16 bits per heavy atom. The third-order valence-electron chi connectivity index (χ3n) is 2.76. The lowest BCUT2D eigenvalue weighted by Crippen LogP contribution is -2.37. The minimum absolute atomic E-state index is 0.0664. The Morgan fingerprint density at radius 3 is 2.89 bits per heavy atom. The standard InChI is InChI=1S/C12H17N5O2/c1-3-6-14-12(18)7(2)15-9-5-4-8(13)10-11(9)17-19-16-10/h4-5,7,15H,3,6,13H2,1-2H3,(H,14,18). The van der Waals surface area contributed by atoms with Crippen molar-refractivity contribution in [3.8, 4) is 0 Å². The Morgan fingerprint density at radius 1 is 1.42 bits per heavy atom. The van der Waals surface area contributed by atoms with Crippen LogP contribution < -0.4 is 16.4 Å². The zero-order chi connectivity index (χ0) is 13.8. The Bertz CT molecular complexity index is 581. The molecule has 0 bridgehead atoms. The predicted octanol–water partition coefficient (Wildman–Crippen LogP) is 1.13. The van der Waals surface area contributed by atoms with E-state index in [4.69, 9.17) is 5.73 Å². The summed E-state index contributed by atoms with van der Waals surface area (Å²) in [5.74, 6) is -0.0664. The van der Waals surface area contributed by atoms with Crippen molar-refractivity contribution in [2.75, 3.05) is 17.6 Å². The molecule has 1 heterocycles. The molecule has 1 aromatic heterocycles. The maximum absolute atomic E-state index is 11.8.